The molecular weight excluding hydrogens is 362 g/mol. The molecule has 1 atom stereocenters. The van der Waals surface area contributed by atoms with E-state index in [9.17, 15) is 9.59 Å². The largest absolute Gasteiger partial charge is 0.494 e. The van der Waals surface area contributed by atoms with Gasteiger partial charge in [0.25, 0.3) is 5.56 Å². The molecule has 0 radical (unpaired) electrons. The van der Waals surface area contributed by atoms with Crippen LogP contribution in [0.1, 0.15) is 50.2 Å². The Hall–Kier alpha value is -2.28. The number of amides is 1. The van der Waals surface area contributed by atoms with E-state index in [4.69, 9.17) is 4.74 Å². The van der Waals surface area contributed by atoms with Gasteiger partial charge in [0.05, 0.1) is 12.2 Å². The van der Waals surface area contributed by atoms with Gasteiger partial charge in [0.15, 0.2) is 5.16 Å². The van der Waals surface area contributed by atoms with Crippen molar-refractivity contribution in [2.24, 2.45) is 7.05 Å². The Morgan fingerprint density at radius 2 is 1.96 bits per heavy atom. The zero-order valence-corrected chi connectivity index (χ0v) is 16.8. The predicted octanol–water partition coefficient (Wildman–Crippen LogP) is 3.55. The smallest absolute Gasteiger partial charge is 0.279 e. The van der Waals surface area contributed by atoms with E-state index in [-0.39, 0.29) is 23.8 Å². The zero-order valence-electron chi connectivity index (χ0n) is 15.9. The molecule has 1 N–H and O–H groups in total. The Balaban J connectivity index is 1.99. The lowest BCUT2D eigenvalue weighted by atomic mass is 9.87. The Morgan fingerprint density at radius 3 is 2.63 bits per heavy atom. The second kappa shape index (κ2) is 8.61. The first-order valence-electron chi connectivity index (χ1n) is 9.31. The molecule has 1 aliphatic heterocycles. The Labute approximate surface area is 163 Å². The lowest BCUT2D eigenvalue weighted by Gasteiger charge is -2.27. The molecule has 1 amide bonds. The zero-order chi connectivity index (χ0) is 19.4. The molecule has 1 aliphatic rings. The van der Waals surface area contributed by atoms with Crippen molar-refractivity contribution in [1.82, 2.24) is 9.55 Å². The summed E-state index contributed by atoms with van der Waals surface area (Å²) in [6.07, 6.45) is 2.16. The number of hydrogen-bond donors (Lipinski definition) is 1. The summed E-state index contributed by atoms with van der Waals surface area (Å²) < 4.78 is 7.44. The third-order valence-corrected chi connectivity index (χ3v) is 5.73. The summed E-state index contributed by atoms with van der Waals surface area (Å²) in [7, 11) is 1.84. The van der Waals surface area contributed by atoms with Crippen LogP contribution in [0, 0.1) is 0 Å². The van der Waals surface area contributed by atoms with Gasteiger partial charge in [-0.25, -0.2) is 0 Å². The highest BCUT2D eigenvalue weighted by Gasteiger charge is 2.32. The van der Waals surface area contributed by atoms with Crippen molar-refractivity contribution in [3.8, 4) is 5.75 Å². The molecule has 3 rings (SSSR count). The second-order valence-electron chi connectivity index (χ2n) is 6.59. The van der Waals surface area contributed by atoms with Gasteiger partial charge in [-0.1, -0.05) is 37.7 Å². The molecule has 0 saturated carbocycles. The quantitative estimate of drug-likeness (QED) is 0.581. The first kappa shape index (κ1) is 19.5. The molecule has 0 bridgehead atoms. The number of carbonyl (C=O) groups excluding carboxylic acids is 1. The highest BCUT2D eigenvalue weighted by Crippen LogP contribution is 2.36. The van der Waals surface area contributed by atoms with Gasteiger partial charge in [-0.2, -0.15) is 4.98 Å². The number of anilines is 1. The van der Waals surface area contributed by atoms with Crippen molar-refractivity contribution in [1.29, 1.82) is 0 Å². The number of fused-ring (bicyclic) bond motifs is 1. The molecule has 27 heavy (non-hydrogen) atoms. The number of nitrogens with one attached hydrogen (secondary N) is 1. The molecule has 1 aromatic heterocycles. The van der Waals surface area contributed by atoms with Crippen molar-refractivity contribution in [3.05, 3.63) is 45.7 Å². The lowest BCUT2D eigenvalue weighted by molar-refractivity contribution is -0.116. The molecule has 144 valence electrons. The Morgan fingerprint density at radius 1 is 1.22 bits per heavy atom. The summed E-state index contributed by atoms with van der Waals surface area (Å²) in [5, 5.41) is 3.50. The number of hydrogen-bond acceptors (Lipinski definition) is 5. The van der Waals surface area contributed by atoms with Crippen LogP contribution in [0.5, 0.6) is 5.75 Å². The van der Waals surface area contributed by atoms with E-state index in [0.717, 1.165) is 29.9 Å². The predicted molar refractivity (Wildman–Crippen MR) is 108 cm³/mol. The number of ether oxygens (including phenoxy) is 1. The second-order valence-corrected chi connectivity index (χ2v) is 7.65. The van der Waals surface area contributed by atoms with Crippen LogP contribution in [0.2, 0.25) is 0 Å². The molecule has 0 spiro atoms. The van der Waals surface area contributed by atoms with Gasteiger partial charge in [0.1, 0.15) is 11.6 Å². The van der Waals surface area contributed by atoms with Crippen LogP contribution in [0.3, 0.4) is 0 Å². The van der Waals surface area contributed by atoms with Crippen molar-refractivity contribution in [2.45, 2.75) is 44.2 Å². The summed E-state index contributed by atoms with van der Waals surface area (Å²) in [5.41, 5.74) is 1.21. The maximum atomic E-state index is 12.8. The number of benzene rings is 1. The highest BCUT2D eigenvalue weighted by atomic mass is 32.2. The number of carbonyl (C=O) groups is 1. The van der Waals surface area contributed by atoms with Crippen LogP contribution in [-0.2, 0) is 11.8 Å². The molecule has 7 heteroatoms. The summed E-state index contributed by atoms with van der Waals surface area (Å²) >= 11 is 1.53. The van der Waals surface area contributed by atoms with Crippen LogP contribution in [-0.4, -0.2) is 27.8 Å². The number of rotatable bonds is 7. The van der Waals surface area contributed by atoms with Crippen LogP contribution in [0.25, 0.3) is 0 Å². The summed E-state index contributed by atoms with van der Waals surface area (Å²) in [6.45, 7) is 4.80. The van der Waals surface area contributed by atoms with E-state index in [1.165, 1.54) is 11.8 Å². The number of aromatic nitrogens is 2. The molecule has 0 saturated heterocycles. The molecule has 2 heterocycles. The van der Waals surface area contributed by atoms with Gasteiger partial charge in [0.2, 0.25) is 5.91 Å². The minimum Gasteiger partial charge on any atom is -0.494 e. The molecular formula is C20H25N3O3S. The SMILES string of the molecule is CCCOc1ccc([C@H]2CC(=O)Nc3c2c(=O)nc(SCCC)n3C)cc1. The third-order valence-electron chi connectivity index (χ3n) is 4.49. The summed E-state index contributed by atoms with van der Waals surface area (Å²) in [6, 6.07) is 7.63. The van der Waals surface area contributed by atoms with Gasteiger partial charge >= 0.3 is 0 Å². The fraction of sp³-hybridized carbons (Fsp3) is 0.450. The number of nitrogens with zero attached hydrogens (tertiary/aromatic N) is 2. The van der Waals surface area contributed by atoms with E-state index in [0.29, 0.717) is 23.1 Å². The standard InChI is InChI=1S/C20H25N3O3S/c1-4-10-26-14-8-6-13(7-9-14)15-12-16(24)21-18-17(15)19(25)22-20(23(18)3)27-11-5-2/h6-9,15H,4-5,10-12H2,1-3H3,(H,21,24)/t15-/m1/s1. The van der Waals surface area contributed by atoms with Gasteiger partial charge in [0, 0.05) is 25.1 Å². The average molecular weight is 388 g/mol. The Bertz CT molecular complexity index is 877. The van der Waals surface area contributed by atoms with E-state index >= 15 is 0 Å². The average Bonchev–Trinajstić information content (AvgIpc) is 2.67. The maximum absolute atomic E-state index is 12.8. The van der Waals surface area contributed by atoms with Gasteiger partial charge < -0.3 is 14.6 Å². The van der Waals surface area contributed by atoms with Gasteiger partial charge in [-0.3, -0.25) is 9.59 Å². The van der Waals surface area contributed by atoms with Gasteiger partial charge in [-0.15, -0.1) is 0 Å². The van der Waals surface area contributed by atoms with Crippen molar-refractivity contribution >= 4 is 23.5 Å². The number of thioether (sulfide) groups is 1. The molecule has 0 unspecified atom stereocenters. The monoisotopic (exact) mass is 387 g/mol. The molecule has 0 fully saturated rings. The van der Waals surface area contributed by atoms with E-state index in [1.807, 2.05) is 35.9 Å². The minimum absolute atomic E-state index is 0.0912. The van der Waals surface area contributed by atoms with Crippen LogP contribution >= 0.6 is 11.8 Å². The fourth-order valence-electron chi connectivity index (χ4n) is 3.16. The van der Waals surface area contributed by atoms with E-state index in [1.54, 1.807) is 0 Å². The van der Waals surface area contributed by atoms with Crippen LogP contribution in [0.15, 0.2) is 34.2 Å². The van der Waals surface area contributed by atoms with Crippen molar-refractivity contribution in [2.75, 3.05) is 17.7 Å². The minimum atomic E-state index is -0.301. The first-order chi connectivity index (χ1) is 13.0. The molecule has 6 nitrogen and oxygen atoms in total. The van der Waals surface area contributed by atoms with E-state index < -0.39 is 0 Å². The first-order valence-corrected chi connectivity index (χ1v) is 10.3. The fourth-order valence-corrected chi connectivity index (χ4v) is 3.98. The van der Waals surface area contributed by atoms with Crippen molar-refractivity contribution < 1.29 is 9.53 Å². The van der Waals surface area contributed by atoms with Crippen LogP contribution in [0.4, 0.5) is 5.82 Å². The van der Waals surface area contributed by atoms with E-state index in [2.05, 4.69) is 24.1 Å². The van der Waals surface area contributed by atoms with Gasteiger partial charge in [-0.05, 0) is 30.5 Å². The summed E-state index contributed by atoms with van der Waals surface area (Å²) in [5.74, 6) is 1.83. The maximum Gasteiger partial charge on any atom is 0.279 e. The summed E-state index contributed by atoms with van der Waals surface area (Å²) in [4.78, 5) is 29.4. The van der Waals surface area contributed by atoms with Crippen LogP contribution < -0.4 is 15.6 Å². The molecule has 2 aromatic rings. The highest BCUT2D eigenvalue weighted by molar-refractivity contribution is 7.99. The Kier molecular flexibility index (Phi) is 6.21. The molecule has 1 aromatic carbocycles. The van der Waals surface area contributed by atoms with Crippen molar-refractivity contribution in [3.63, 3.8) is 0 Å². The molecule has 0 aliphatic carbocycles. The normalized spacial score (nSPS) is 16.0. The lowest BCUT2D eigenvalue weighted by Crippen LogP contribution is -2.33. The topological polar surface area (TPSA) is 73.2 Å². The third kappa shape index (κ3) is 4.18.